The molecule has 0 aromatic heterocycles. The first-order valence-electron chi connectivity index (χ1n) is 13.8. The van der Waals surface area contributed by atoms with Gasteiger partial charge in [-0.15, -0.1) is 0 Å². The summed E-state index contributed by atoms with van der Waals surface area (Å²) in [5.74, 6) is 2.72. The minimum atomic E-state index is -0.285. The molecule has 194 valence electrons. The second-order valence-electron chi connectivity index (χ2n) is 9.80. The lowest BCUT2D eigenvalue weighted by atomic mass is 9.96. The van der Waals surface area contributed by atoms with Gasteiger partial charge >= 0.3 is 0 Å². The molecule has 0 spiro atoms. The van der Waals surface area contributed by atoms with Crippen LogP contribution >= 0.6 is 0 Å². The molecule has 2 heterocycles. The highest BCUT2D eigenvalue weighted by Gasteiger charge is 2.40. The van der Waals surface area contributed by atoms with E-state index >= 15 is 0 Å². The van der Waals surface area contributed by atoms with E-state index in [-0.39, 0.29) is 12.3 Å². The van der Waals surface area contributed by atoms with E-state index in [1.165, 1.54) is 37.7 Å². The van der Waals surface area contributed by atoms with Crippen molar-refractivity contribution in [3.05, 3.63) is 89.5 Å². The first kappa shape index (κ1) is 25.2. The van der Waals surface area contributed by atoms with Crippen LogP contribution in [0.15, 0.2) is 77.9 Å². The first-order chi connectivity index (χ1) is 18.3. The van der Waals surface area contributed by atoms with Crippen LogP contribution in [0.2, 0.25) is 0 Å². The predicted molar refractivity (Wildman–Crippen MR) is 148 cm³/mol. The quantitative estimate of drug-likeness (QED) is 0.237. The zero-order valence-electron chi connectivity index (χ0n) is 22.1. The van der Waals surface area contributed by atoms with Crippen LogP contribution in [0.3, 0.4) is 0 Å². The van der Waals surface area contributed by atoms with Gasteiger partial charge in [-0.25, -0.2) is 5.01 Å². The smallest absolute Gasteiger partial charge is 0.213 e. The molecule has 0 fully saturated rings. The van der Waals surface area contributed by atoms with Gasteiger partial charge in [-0.05, 0) is 73.5 Å². The third-order valence-corrected chi connectivity index (χ3v) is 7.13. The second kappa shape index (κ2) is 12.2. The molecule has 0 N–H and O–H groups in total. The van der Waals surface area contributed by atoms with Crippen molar-refractivity contribution in [2.24, 2.45) is 5.10 Å². The molecule has 0 aliphatic carbocycles. The number of hydrogen-bond donors (Lipinski definition) is 0. The van der Waals surface area contributed by atoms with Crippen LogP contribution in [-0.4, -0.2) is 23.9 Å². The van der Waals surface area contributed by atoms with Gasteiger partial charge in [0.15, 0.2) is 0 Å². The van der Waals surface area contributed by atoms with Crippen LogP contribution < -0.4 is 14.2 Å². The number of fused-ring (bicyclic) bond motifs is 3. The molecule has 3 aromatic rings. The Kier molecular flexibility index (Phi) is 8.29. The summed E-state index contributed by atoms with van der Waals surface area (Å²) >= 11 is 0. The van der Waals surface area contributed by atoms with Crippen molar-refractivity contribution in [3.8, 4) is 17.2 Å². The SMILES string of the molecule is CCCCCCCCOc1ccc([C@@H]2Oc3ccccc3[C@H]3CC(c4ccc(OCC)cc4)=NN32)cc1. The molecule has 5 heteroatoms. The number of para-hydroxylation sites is 1. The van der Waals surface area contributed by atoms with Crippen molar-refractivity contribution in [3.63, 3.8) is 0 Å². The fourth-order valence-electron chi connectivity index (χ4n) is 5.14. The number of hydrogen-bond acceptors (Lipinski definition) is 5. The van der Waals surface area contributed by atoms with Crippen LogP contribution in [0.25, 0.3) is 0 Å². The molecule has 2 aliphatic rings. The standard InChI is InChI=1S/C32H38N2O3/c1-3-5-6-7-8-11-22-36-27-20-16-25(17-21-27)32-34-30(28-12-9-10-13-31(28)37-32)23-29(33-34)24-14-18-26(19-15-24)35-4-2/h9-10,12-21,30,32H,3-8,11,22-23H2,1-2H3/t30-,32+/m1/s1. The van der Waals surface area contributed by atoms with Gasteiger partial charge in [0, 0.05) is 17.5 Å². The summed E-state index contributed by atoms with van der Waals surface area (Å²) in [6.45, 7) is 5.68. The molecule has 0 unspecified atom stereocenters. The Morgan fingerprint density at radius 3 is 2.30 bits per heavy atom. The van der Waals surface area contributed by atoms with E-state index in [0.717, 1.165) is 53.5 Å². The van der Waals surface area contributed by atoms with Gasteiger partial charge in [0.1, 0.15) is 17.2 Å². The number of unbranched alkanes of at least 4 members (excludes halogenated alkanes) is 5. The van der Waals surface area contributed by atoms with Crippen LogP contribution in [-0.2, 0) is 0 Å². The maximum absolute atomic E-state index is 6.51. The zero-order valence-corrected chi connectivity index (χ0v) is 22.1. The van der Waals surface area contributed by atoms with Crippen molar-refractivity contribution < 1.29 is 14.2 Å². The van der Waals surface area contributed by atoms with E-state index in [2.05, 4.69) is 66.5 Å². The van der Waals surface area contributed by atoms with Crippen LogP contribution in [0.5, 0.6) is 17.2 Å². The normalized spacial score (nSPS) is 18.0. The molecular formula is C32H38N2O3. The lowest BCUT2D eigenvalue weighted by Gasteiger charge is -2.38. The Labute approximate surface area is 221 Å². The highest BCUT2D eigenvalue weighted by atomic mass is 16.5. The van der Waals surface area contributed by atoms with E-state index in [1.807, 2.05) is 25.1 Å². The highest BCUT2D eigenvalue weighted by molar-refractivity contribution is 6.02. The average molecular weight is 499 g/mol. The van der Waals surface area contributed by atoms with Gasteiger partial charge in [-0.3, -0.25) is 0 Å². The van der Waals surface area contributed by atoms with Crippen molar-refractivity contribution in [2.45, 2.75) is 71.1 Å². The van der Waals surface area contributed by atoms with E-state index < -0.39 is 0 Å². The Morgan fingerprint density at radius 2 is 1.51 bits per heavy atom. The van der Waals surface area contributed by atoms with Gasteiger partial charge in [0.2, 0.25) is 6.23 Å². The summed E-state index contributed by atoms with van der Waals surface area (Å²) in [6.07, 6.45) is 8.14. The van der Waals surface area contributed by atoms with Crippen LogP contribution in [0.4, 0.5) is 0 Å². The second-order valence-corrected chi connectivity index (χ2v) is 9.80. The zero-order chi connectivity index (χ0) is 25.5. The van der Waals surface area contributed by atoms with E-state index in [9.17, 15) is 0 Å². The Hall–Kier alpha value is -3.47. The number of rotatable bonds is 12. The van der Waals surface area contributed by atoms with Crippen molar-refractivity contribution in [2.75, 3.05) is 13.2 Å². The minimum absolute atomic E-state index is 0.139. The Bertz CT molecular complexity index is 1170. The third kappa shape index (κ3) is 5.93. The van der Waals surface area contributed by atoms with Gasteiger partial charge in [0.05, 0.1) is 25.0 Å². The Morgan fingerprint density at radius 1 is 0.811 bits per heavy atom. The summed E-state index contributed by atoms with van der Waals surface area (Å²) in [5.41, 5.74) is 4.44. The fourth-order valence-corrected chi connectivity index (χ4v) is 5.14. The highest BCUT2D eigenvalue weighted by Crippen LogP contribution is 2.47. The molecule has 0 saturated carbocycles. The lowest BCUT2D eigenvalue weighted by molar-refractivity contribution is -0.0190. The summed E-state index contributed by atoms with van der Waals surface area (Å²) in [6, 6.07) is 25.0. The molecule has 5 rings (SSSR count). The number of ether oxygens (including phenoxy) is 3. The number of hydrazone groups is 1. The maximum Gasteiger partial charge on any atom is 0.213 e. The molecule has 5 nitrogen and oxygen atoms in total. The van der Waals surface area contributed by atoms with E-state index in [1.54, 1.807) is 0 Å². The van der Waals surface area contributed by atoms with Crippen LogP contribution in [0.1, 0.15) is 87.8 Å². The van der Waals surface area contributed by atoms with Gasteiger partial charge in [-0.1, -0.05) is 57.2 Å². The average Bonchev–Trinajstić information content (AvgIpc) is 3.39. The third-order valence-electron chi connectivity index (χ3n) is 7.13. The topological polar surface area (TPSA) is 43.3 Å². The van der Waals surface area contributed by atoms with Gasteiger partial charge < -0.3 is 14.2 Å². The molecular weight excluding hydrogens is 460 g/mol. The monoisotopic (exact) mass is 498 g/mol. The fraction of sp³-hybridized carbons (Fsp3) is 0.406. The molecule has 3 aromatic carbocycles. The van der Waals surface area contributed by atoms with E-state index in [4.69, 9.17) is 19.3 Å². The van der Waals surface area contributed by atoms with Gasteiger partial charge in [0.25, 0.3) is 0 Å². The number of benzene rings is 3. The molecule has 0 saturated heterocycles. The maximum atomic E-state index is 6.51. The predicted octanol–water partition coefficient (Wildman–Crippen LogP) is 8.07. The molecule has 2 atom stereocenters. The molecule has 0 bridgehead atoms. The van der Waals surface area contributed by atoms with Crippen molar-refractivity contribution in [1.82, 2.24) is 5.01 Å². The largest absolute Gasteiger partial charge is 0.494 e. The summed E-state index contributed by atoms with van der Waals surface area (Å²) in [4.78, 5) is 0. The lowest BCUT2D eigenvalue weighted by Crippen LogP contribution is -2.33. The minimum Gasteiger partial charge on any atom is -0.494 e. The first-order valence-corrected chi connectivity index (χ1v) is 13.8. The van der Waals surface area contributed by atoms with Crippen LogP contribution in [0, 0.1) is 0 Å². The molecule has 0 radical (unpaired) electrons. The Balaban J connectivity index is 1.29. The van der Waals surface area contributed by atoms with Gasteiger partial charge in [-0.2, -0.15) is 5.10 Å². The summed E-state index contributed by atoms with van der Waals surface area (Å²) < 4.78 is 18.1. The summed E-state index contributed by atoms with van der Waals surface area (Å²) in [7, 11) is 0. The summed E-state index contributed by atoms with van der Waals surface area (Å²) in [5, 5.41) is 7.20. The molecule has 0 amide bonds. The molecule has 2 aliphatic heterocycles. The number of nitrogens with zero attached hydrogens (tertiary/aromatic N) is 2. The van der Waals surface area contributed by atoms with Crippen molar-refractivity contribution >= 4 is 5.71 Å². The molecule has 37 heavy (non-hydrogen) atoms. The van der Waals surface area contributed by atoms with Crippen molar-refractivity contribution in [1.29, 1.82) is 0 Å². The van der Waals surface area contributed by atoms with E-state index in [0.29, 0.717) is 6.61 Å².